The maximum absolute atomic E-state index is 11.8. The Hall–Kier alpha value is -0.650. The molecule has 5 nitrogen and oxygen atoms in total. The Morgan fingerprint density at radius 2 is 2.11 bits per heavy atom. The first-order valence-corrected chi connectivity index (χ1v) is 6.78. The molecule has 2 saturated heterocycles. The number of carbonyl (C=O) groups excluding carboxylic acids is 1. The maximum Gasteiger partial charge on any atom is 0.323 e. The van der Waals surface area contributed by atoms with E-state index in [4.69, 9.17) is 9.47 Å². The number of hydrogen-bond acceptors (Lipinski definition) is 5. The quantitative estimate of drug-likeness (QED) is 0.742. The number of nitrogens with zero attached hydrogens (tertiary/aromatic N) is 1. The van der Waals surface area contributed by atoms with E-state index in [-0.39, 0.29) is 18.1 Å². The predicted molar refractivity (Wildman–Crippen MR) is 66.2 cm³/mol. The van der Waals surface area contributed by atoms with Gasteiger partial charge in [-0.25, -0.2) is 0 Å². The van der Waals surface area contributed by atoms with Crippen molar-refractivity contribution < 1.29 is 19.4 Å². The highest BCUT2D eigenvalue weighted by Gasteiger charge is 2.34. The first-order chi connectivity index (χ1) is 8.70. The minimum absolute atomic E-state index is 0.221. The summed E-state index contributed by atoms with van der Waals surface area (Å²) in [7, 11) is 1.41. The third-order valence-electron chi connectivity index (χ3n) is 3.99. The van der Waals surface area contributed by atoms with Crippen molar-refractivity contribution in [3.8, 4) is 0 Å². The maximum atomic E-state index is 11.8. The molecule has 0 amide bonds. The molecule has 5 heteroatoms. The van der Waals surface area contributed by atoms with Crippen LogP contribution in [0.1, 0.15) is 25.7 Å². The Bertz CT molecular complexity index is 278. The van der Waals surface area contributed by atoms with Crippen molar-refractivity contribution in [1.82, 2.24) is 4.90 Å². The molecule has 0 spiro atoms. The van der Waals surface area contributed by atoms with Gasteiger partial charge in [-0.05, 0) is 31.6 Å². The molecule has 2 aliphatic rings. The zero-order valence-electron chi connectivity index (χ0n) is 11.0. The average Bonchev–Trinajstić information content (AvgIpc) is 2.41. The van der Waals surface area contributed by atoms with Crippen LogP contribution in [-0.4, -0.2) is 61.5 Å². The molecule has 2 fully saturated rings. The fourth-order valence-electron chi connectivity index (χ4n) is 2.86. The summed E-state index contributed by atoms with van der Waals surface area (Å²) in [6, 6.07) is -0.276. The third-order valence-corrected chi connectivity index (χ3v) is 3.99. The molecule has 2 rings (SSSR count). The number of ether oxygens (including phenoxy) is 2. The van der Waals surface area contributed by atoms with Crippen LogP contribution in [-0.2, 0) is 14.3 Å². The number of methoxy groups -OCH3 is 1. The van der Waals surface area contributed by atoms with Crippen LogP contribution >= 0.6 is 0 Å². The van der Waals surface area contributed by atoms with Gasteiger partial charge in [-0.15, -0.1) is 0 Å². The third kappa shape index (κ3) is 3.43. The van der Waals surface area contributed by atoms with E-state index in [0.29, 0.717) is 12.3 Å². The monoisotopic (exact) mass is 257 g/mol. The van der Waals surface area contributed by atoms with Gasteiger partial charge in [0.1, 0.15) is 6.04 Å². The molecular formula is C13H23NO4. The van der Waals surface area contributed by atoms with E-state index < -0.39 is 0 Å². The second-order valence-electron chi connectivity index (χ2n) is 5.27. The highest BCUT2D eigenvalue weighted by molar-refractivity contribution is 5.75. The molecule has 2 atom stereocenters. The van der Waals surface area contributed by atoms with Gasteiger partial charge in [0.25, 0.3) is 0 Å². The molecule has 0 radical (unpaired) electrons. The Morgan fingerprint density at radius 1 is 1.39 bits per heavy atom. The van der Waals surface area contributed by atoms with Crippen LogP contribution < -0.4 is 0 Å². The molecule has 104 valence electrons. The summed E-state index contributed by atoms with van der Waals surface area (Å²) in [6.45, 7) is 3.34. The van der Waals surface area contributed by atoms with Crippen molar-refractivity contribution in [2.45, 2.75) is 37.8 Å². The number of aliphatic hydroxyl groups excluding tert-OH is 1. The fraction of sp³-hybridized carbons (Fsp3) is 0.923. The minimum Gasteiger partial charge on any atom is -0.468 e. The zero-order valence-corrected chi connectivity index (χ0v) is 11.0. The SMILES string of the molecule is COC(=O)[C@H]1C[C@@H](O)CCN1CC1CCOCC1. The lowest BCUT2D eigenvalue weighted by atomic mass is 9.94. The van der Waals surface area contributed by atoms with Crippen LogP contribution in [0.15, 0.2) is 0 Å². The number of rotatable bonds is 3. The standard InChI is InChI=1S/C13H23NO4/c1-17-13(16)12-8-11(15)2-5-14(12)9-10-3-6-18-7-4-10/h10-12,15H,2-9H2,1H3/t11-,12+/m0/s1. The van der Waals surface area contributed by atoms with Gasteiger partial charge >= 0.3 is 5.97 Å². The van der Waals surface area contributed by atoms with E-state index >= 15 is 0 Å². The summed E-state index contributed by atoms with van der Waals surface area (Å²) in [6.07, 6.45) is 2.99. The van der Waals surface area contributed by atoms with Gasteiger partial charge in [-0.3, -0.25) is 9.69 Å². The topological polar surface area (TPSA) is 59.0 Å². The molecule has 0 aromatic carbocycles. The van der Waals surface area contributed by atoms with E-state index in [2.05, 4.69) is 4.90 Å². The van der Waals surface area contributed by atoms with E-state index in [1.165, 1.54) is 7.11 Å². The Balaban J connectivity index is 1.92. The number of aliphatic hydroxyl groups is 1. The van der Waals surface area contributed by atoms with Crippen LogP contribution in [0.25, 0.3) is 0 Å². The lowest BCUT2D eigenvalue weighted by Gasteiger charge is -2.38. The molecule has 18 heavy (non-hydrogen) atoms. The van der Waals surface area contributed by atoms with E-state index in [1.54, 1.807) is 0 Å². The Labute approximate surface area is 108 Å². The first kappa shape index (κ1) is 13.8. The van der Waals surface area contributed by atoms with Crippen molar-refractivity contribution in [3.63, 3.8) is 0 Å². The van der Waals surface area contributed by atoms with Crippen LogP contribution in [0, 0.1) is 5.92 Å². The highest BCUT2D eigenvalue weighted by atomic mass is 16.5. The Morgan fingerprint density at radius 3 is 2.78 bits per heavy atom. The molecule has 2 aliphatic heterocycles. The summed E-state index contributed by atoms with van der Waals surface area (Å²) in [5.41, 5.74) is 0. The molecule has 2 heterocycles. The second kappa shape index (κ2) is 6.50. The average molecular weight is 257 g/mol. The summed E-state index contributed by atoms with van der Waals surface area (Å²) in [5.74, 6) is 0.377. The van der Waals surface area contributed by atoms with Crippen LogP contribution in [0.5, 0.6) is 0 Å². The number of piperidine rings is 1. The number of esters is 1. The van der Waals surface area contributed by atoms with Crippen LogP contribution in [0.3, 0.4) is 0 Å². The minimum atomic E-state index is -0.375. The van der Waals surface area contributed by atoms with Crippen LogP contribution in [0.4, 0.5) is 0 Å². The van der Waals surface area contributed by atoms with Crippen molar-refractivity contribution >= 4 is 5.97 Å². The van der Waals surface area contributed by atoms with Gasteiger partial charge in [-0.2, -0.15) is 0 Å². The summed E-state index contributed by atoms with van der Waals surface area (Å²) in [4.78, 5) is 13.9. The lowest BCUT2D eigenvalue weighted by Crippen LogP contribution is -2.51. The van der Waals surface area contributed by atoms with E-state index in [9.17, 15) is 9.90 Å². The fourth-order valence-corrected chi connectivity index (χ4v) is 2.86. The number of hydrogen-bond donors (Lipinski definition) is 1. The second-order valence-corrected chi connectivity index (χ2v) is 5.27. The number of likely N-dealkylation sites (tertiary alicyclic amines) is 1. The zero-order chi connectivity index (χ0) is 13.0. The van der Waals surface area contributed by atoms with E-state index in [0.717, 1.165) is 45.6 Å². The van der Waals surface area contributed by atoms with Crippen molar-refractivity contribution in [2.75, 3.05) is 33.4 Å². The van der Waals surface area contributed by atoms with Gasteiger partial charge in [-0.1, -0.05) is 0 Å². The molecule has 0 unspecified atom stereocenters. The summed E-state index contributed by atoms with van der Waals surface area (Å²) >= 11 is 0. The van der Waals surface area contributed by atoms with Gasteiger partial charge in [0, 0.05) is 26.3 Å². The Kier molecular flexibility index (Phi) is 4.97. The van der Waals surface area contributed by atoms with Crippen molar-refractivity contribution in [2.24, 2.45) is 5.92 Å². The predicted octanol–water partition coefficient (Wildman–Crippen LogP) is 0.411. The number of carbonyl (C=O) groups is 1. The van der Waals surface area contributed by atoms with Gasteiger partial charge in [0.15, 0.2) is 0 Å². The summed E-state index contributed by atoms with van der Waals surface area (Å²) < 4.78 is 10.2. The normalized spacial score (nSPS) is 31.2. The van der Waals surface area contributed by atoms with Gasteiger partial charge in [0.2, 0.25) is 0 Å². The molecule has 1 N–H and O–H groups in total. The van der Waals surface area contributed by atoms with E-state index in [1.807, 2.05) is 0 Å². The molecule has 0 aromatic heterocycles. The molecule has 0 aliphatic carbocycles. The largest absolute Gasteiger partial charge is 0.468 e. The molecular weight excluding hydrogens is 234 g/mol. The van der Waals surface area contributed by atoms with Crippen molar-refractivity contribution in [1.29, 1.82) is 0 Å². The molecule has 0 bridgehead atoms. The molecule has 0 saturated carbocycles. The highest BCUT2D eigenvalue weighted by Crippen LogP contribution is 2.23. The first-order valence-electron chi connectivity index (χ1n) is 6.78. The van der Waals surface area contributed by atoms with Crippen molar-refractivity contribution in [3.05, 3.63) is 0 Å². The summed E-state index contributed by atoms with van der Waals surface area (Å²) in [5, 5.41) is 9.69. The van der Waals surface area contributed by atoms with Crippen LogP contribution in [0.2, 0.25) is 0 Å². The lowest BCUT2D eigenvalue weighted by molar-refractivity contribution is -0.150. The van der Waals surface area contributed by atoms with Gasteiger partial charge in [0.05, 0.1) is 13.2 Å². The molecule has 0 aromatic rings. The smallest absolute Gasteiger partial charge is 0.323 e. The van der Waals surface area contributed by atoms with Gasteiger partial charge < -0.3 is 14.6 Å².